The number of phenols is 3. The Balaban J connectivity index is 1.60. The third-order valence-electron chi connectivity index (χ3n) is 8.19. The number of hydrogen-bond acceptors (Lipinski definition) is 6. The SMILES string of the molecule is CC(C)(C)c1cc2c(O)c(c1)COCc1cc(C(C)(C)C)cc(c1O)COCc1cc(-c3ccccc3)cc(c1O)COC2. The van der Waals surface area contributed by atoms with E-state index in [9.17, 15) is 15.3 Å². The molecule has 6 heteroatoms. The van der Waals surface area contributed by atoms with Crippen molar-refractivity contribution in [2.45, 2.75) is 92.0 Å². The van der Waals surface area contributed by atoms with Crippen molar-refractivity contribution >= 4 is 0 Å². The minimum atomic E-state index is -0.167. The van der Waals surface area contributed by atoms with Gasteiger partial charge in [-0.15, -0.1) is 0 Å². The van der Waals surface area contributed by atoms with Crippen LogP contribution in [0.15, 0.2) is 66.7 Å². The van der Waals surface area contributed by atoms with Crippen molar-refractivity contribution in [3.05, 3.63) is 111 Å². The lowest BCUT2D eigenvalue weighted by Crippen LogP contribution is -2.14. The summed E-state index contributed by atoms with van der Waals surface area (Å²) >= 11 is 0. The van der Waals surface area contributed by atoms with E-state index < -0.39 is 0 Å². The lowest BCUT2D eigenvalue weighted by Gasteiger charge is -2.24. The van der Waals surface area contributed by atoms with Crippen molar-refractivity contribution in [1.82, 2.24) is 0 Å². The van der Waals surface area contributed by atoms with Crippen molar-refractivity contribution in [2.24, 2.45) is 0 Å². The smallest absolute Gasteiger partial charge is 0.126 e. The molecule has 3 N–H and O–H groups in total. The van der Waals surface area contributed by atoms with Gasteiger partial charge in [0.05, 0.1) is 39.6 Å². The van der Waals surface area contributed by atoms with Gasteiger partial charge >= 0.3 is 0 Å². The first-order chi connectivity index (χ1) is 20.8. The maximum atomic E-state index is 11.3. The van der Waals surface area contributed by atoms with E-state index in [2.05, 4.69) is 41.5 Å². The molecular weight excluding hydrogens is 552 g/mol. The van der Waals surface area contributed by atoms with E-state index in [1.165, 1.54) is 0 Å². The number of rotatable bonds is 1. The molecule has 0 spiro atoms. The highest BCUT2D eigenvalue weighted by Gasteiger charge is 2.22. The summed E-state index contributed by atoms with van der Waals surface area (Å²) in [5.74, 6) is 0.369. The number of aromatic hydroxyl groups is 3. The molecule has 6 bridgehead atoms. The van der Waals surface area contributed by atoms with Gasteiger partial charge in [0.1, 0.15) is 17.2 Å². The molecule has 0 radical (unpaired) electrons. The van der Waals surface area contributed by atoms with E-state index >= 15 is 0 Å². The van der Waals surface area contributed by atoms with E-state index in [1.54, 1.807) is 0 Å². The first kappa shape index (κ1) is 31.6. The van der Waals surface area contributed by atoms with Crippen molar-refractivity contribution < 1.29 is 29.5 Å². The van der Waals surface area contributed by atoms with Gasteiger partial charge in [0, 0.05) is 33.4 Å². The summed E-state index contributed by atoms with van der Waals surface area (Å²) in [5.41, 5.74) is 7.58. The van der Waals surface area contributed by atoms with Gasteiger partial charge in [0.15, 0.2) is 0 Å². The average Bonchev–Trinajstić information content (AvgIpc) is 2.96. The zero-order valence-electron chi connectivity index (χ0n) is 26.7. The van der Waals surface area contributed by atoms with Crippen LogP contribution in [0.3, 0.4) is 0 Å². The Morgan fingerprint density at radius 3 is 1.02 bits per heavy atom. The Hall–Kier alpha value is -3.84. The normalized spacial score (nSPS) is 15.0. The summed E-state index contributed by atoms with van der Waals surface area (Å²) < 4.78 is 18.4. The minimum Gasteiger partial charge on any atom is -0.507 e. The summed E-state index contributed by atoms with van der Waals surface area (Å²) in [6, 6.07) is 21.7. The Morgan fingerprint density at radius 2 is 0.727 bits per heavy atom. The van der Waals surface area contributed by atoms with E-state index in [0.717, 1.165) is 22.3 Å². The molecular formula is C38H44O6. The van der Waals surface area contributed by atoms with Gasteiger partial charge in [-0.2, -0.15) is 0 Å². The van der Waals surface area contributed by atoms with Crippen LogP contribution in [0.25, 0.3) is 11.1 Å². The van der Waals surface area contributed by atoms with Gasteiger partial charge in [0.25, 0.3) is 0 Å². The van der Waals surface area contributed by atoms with Crippen LogP contribution < -0.4 is 0 Å². The number of hydrogen-bond donors (Lipinski definition) is 3. The van der Waals surface area contributed by atoms with Crippen molar-refractivity contribution in [3.63, 3.8) is 0 Å². The van der Waals surface area contributed by atoms with E-state index in [0.29, 0.717) is 33.4 Å². The van der Waals surface area contributed by atoms with Crippen LogP contribution in [0, 0.1) is 0 Å². The van der Waals surface area contributed by atoms with Gasteiger partial charge < -0.3 is 29.5 Å². The summed E-state index contributed by atoms with van der Waals surface area (Å²) in [7, 11) is 0. The molecule has 0 atom stereocenters. The molecule has 0 saturated heterocycles. The molecule has 232 valence electrons. The fourth-order valence-electron chi connectivity index (χ4n) is 5.42. The Labute approximate surface area is 260 Å². The van der Waals surface area contributed by atoms with Crippen LogP contribution in [-0.2, 0) is 64.7 Å². The van der Waals surface area contributed by atoms with Crippen LogP contribution >= 0.6 is 0 Å². The highest BCUT2D eigenvalue weighted by molar-refractivity contribution is 5.67. The van der Waals surface area contributed by atoms with Crippen molar-refractivity contribution in [1.29, 1.82) is 0 Å². The second-order valence-electron chi connectivity index (χ2n) is 13.8. The molecule has 1 aliphatic rings. The molecule has 6 nitrogen and oxygen atoms in total. The fourth-order valence-corrected chi connectivity index (χ4v) is 5.42. The molecule has 0 aliphatic carbocycles. The molecule has 0 saturated carbocycles. The molecule has 0 amide bonds. The third kappa shape index (κ3) is 7.10. The summed E-state index contributed by atoms with van der Waals surface area (Å²) in [6.45, 7) is 13.7. The second kappa shape index (κ2) is 12.6. The molecule has 0 aromatic heterocycles. The summed E-state index contributed by atoms with van der Waals surface area (Å²) in [4.78, 5) is 0. The van der Waals surface area contributed by atoms with Gasteiger partial charge in [0.2, 0.25) is 0 Å². The van der Waals surface area contributed by atoms with E-state index in [4.69, 9.17) is 14.2 Å². The Kier molecular flexibility index (Phi) is 9.07. The van der Waals surface area contributed by atoms with Gasteiger partial charge in [-0.05, 0) is 69.5 Å². The third-order valence-corrected chi connectivity index (χ3v) is 8.19. The predicted octanol–water partition coefficient (Wildman–Crippen LogP) is 8.53. The number of fused-ring (bicyclic) bond motifs is 6. The zero-order valence-corrected chi connectivity index (χ0v) is 26.7. The Morgan fingerprint density at radius 1 is 0.432 bits per heavy atom. The number of ether oxygens (including phenoxy) is 3. The highest BCUT2D eigenvalue weighted by Crippen LogP contribution is 2.36. The van der Waals surface area contributed by atoms with Gasteiger partial charge in [-0.3, -0.25) is 0 Å². The van der Waals surface area contributed by atoms with Crippen LogP contribution in [0.1, 0.15) is 86.1 Å². The first-order valence-electron chi connectivity index (χ1n) is 15.1. The van der Waals surface area contributed by atoms with Crippen LogP contribution in [0.5, 0.6) is 17.2 Å². The minimum absolute atomic E-state index is 0.112. The van der Waals surface area contributed by atoms with Crippen molar-refractivity contribution in [3.8, 4) is 28.4 Å². The van der Waals surface area contributed by atoms with Crippen LogP contribution in [-0.4, -0.2) is 15.3 Å². The summed E-state index contributed by atoms with van der Waals surface area (Å²) in [5, 5.41) is 33.9. The molecule has 1 aliphatic heterocycles. The highest BCUT2D eigenvalue weighted by atomic mass is 16.5. The zero-order chi connectivity index (χ0) is 31.6. The molecule has 4 aromatic carbocycles. The molecule has 5 rings (SSSR count). The van der Waals surface area contributed by atoms with Crippen molar-refractivity contribution in [2.75, 3.05) is 0 Å². The standard InChI is InChI=1S/C38H44O6/c1-37(2,3)32-14-28-20-42-18-26-12-25(24-10-8-7-9-11-24)13-27(34(26)39)19-43-21-29-15-33(38(4,5)6)17-31(36(29)41)23-44-22-30(16-32)35(28)40/h7-17,39-41H,18-23H2,1-6H3. The first-order valence-corrected chi connectivity index (χ1v) is 15.1. The fraction of sp³-hybridized carbons (Fsp3) is 0.368. The molecule has 0 fully saturated rings. The van der Waals surface area contributed by atoms with Gasteiger partial charge in [-0.1, -0.05) is 71.9 Å². The molecule has 1 heterocycles. The summed E-state index contributed by atoms with van der Waals surface area (Å²) in [6.07, 6.45) is 0. The Bertz CT molecular complexity index is 1530. The molecule has 44 heavy (non-hydrogen) atoms. The van der Waals surface area contributed by atoms with Crippen LogP contribution in [0.2, 0.25) is 0 Å². The molecule has 4 aromatic rings. The monoisotopic (exact) mass is 596 g/mol. The predicted molar refractivity (Wildman–Crippen MR) is 173 cm³/mol. The van der Waals surface area contributed by atoms with E-state index in [-0.39, 0.29) is 67.7 Å². The quantitative estimate of drug-likeness (QED) is 0.204. The lowest BCUT2D eigenvalue weighted by molar-refractivity contribution is 0.0929. The maximum absolute atomic E-state index is 11.3. The topological polar surface area (TPSA) is 88.4 Å². The molecule has 0 unspecified atom stereocenters. The lowest BCUT2D eigenvalue weighted by atomic mass is 9.84. The number of benzene rings is 4. The largest absolute Gasteiger partial charge is 0.507 e. The van der Waals surface area contributed by atoms with E-state index in [1.807, 2.05) is 66.7 Å². The number of phenolic OH excluding ortho intramolecular Hbond substituents is 3. The average molecular weight is 597 g/mol. The van der Waals surface area contributed by atoms with Crippen LogP contribution in [0.4, 0.5) is 0 Å². The van der Waals surface area contributed by atoms with Gasteiger partial charge in [-0.25, -0.2) is 0 Å². The second-order valence-corrected chi connectivity index (χ2v) is 13.8. The maximum Gasteiger partial charge on any atom is 0.126 e.